The summed E-state index contributed by atoms with van der Waals surface area (Å²) in [5.41, 5.74) is -0.783. The summed E-state index contributed by atoms with van der Waals surface area (Å²) in [6, 6.07) is 2.86. The van der Waals surface area contributed by atoms with Gasteiger partial charge in [-0.25, -0.2) is 9.55 Å². The number of rotatable bonds is 1. The van der Waals surface area contributed by atoms with E-state index < -0.39 is 11.7 Å². The molecule has 0 aliphatic rings. The van der Waals surface area contributed by atoms with Crippen LogP contribution < -0.4 is 5.56 Å². The highest BCUT2D eigenvalue weighted by Crippen LogP contribution is 2.14. The third-order valence-corrected chi connectivity index (χ3v) is 2.28. The molecule has 0 unspecified atom stereocenters. The molecular formula is C9H7ClN2O4. The van der Waals surface area contributed by atoms with E-state index in [4.69, 9.17) is 26.9 Å². The van der Waals surface area contributed by atoms with Crippen molar-refractivity contribution in [2.75, 3.05) is 0 Å². The van der Waals surface area contributed by atoms with E-state index in [2.05, 4.69) is 4.98 Å². The molecule has 0 bridgehead atoms. The molecule has 2 aromatic heterocycles. The molecule has 0 aromatic carbocycles. The smallest absolute Gasteiger partial charge is 0.325 e. The van der Waals surface area contributed by atoms with Crippen molar-refractivity contribution in [1.29, 1.82) is 0 Å². The van der Waals surface area contributed by atoms with Crippen LogP contribution in [0.3, 0.4) is 0 Å². The van der Waals surface area contributed by atoms with Crippen LogP contribution in [0.15, 0.2) is 29.3 Å². The Morgan fingerprint density at radius 3 is 2.69 bits per heavy atom. The van der Waals surface area contributed by atoms with E-state index in [0.717, 1.165) is 6.20 Å². The number of fused-ring (bicyclic) bond motifs is 1. The fraction of sp³-hybridized carbons (Fsp3) is 0.111. The molecule has 7 heteroatoms. The van der Waals surface area contributed by atoms with Gasteiger partial charge in [-0.1, -0.05) is 11.6 Å². The molecule has 2 heterocycles. The summed E-state index contributed by atoms with van der Waals surface area (Å²) in [7, 11) is 0. The number of aliphatic hydroxyl groups is 3. The Morgan fingerprint density at radius 1 is 1.38 bits per heavy atom. The van der Waals surface area contributed by atoms with Crippen molar-refractivity contribution >= 4 is 22.4 Å². The Bertz CT molecular complexity index is 602. The molecule has 6 nitrogen and oxygen atoms in total. The standard InChI is InChI=1S/C9H7ClN2O4/c10-7-3-5-1-2-12(9(14,15)16)8(13)6(5)4-11-7/h1-4,14-16H. The molecule has 0 saturated carbocycles. The second-order valence-corrected chi connectivity index (χ2v) is 3.57. The molecular weight excluding hydrogens is 236 g/mol. The summed E-state index contributed by atoms with van der Waals surface area (Å²) in [5, 5.41) is 27.6. The second kappa shape index (κ2) is 3.53. The van der Waals surface area contributed by atoms with Crippen LogP contribution in [0.25, 0.3) is 10.8 Å². The van der Waals surface area contributed by atoms with Crippen LogP contribution in [-0.4, -0.2) is 24.9 Å². The van der Waals surface area contributed by atoms with Gasteiger partial charge in [0.25, 0.3) is 5.56 Å². The summed E-state index contributed by atoms with van der Waals surface area (Å²) in [6.07, 6.45) is -0.992. The van der Waals surface area contributed by atoms with Gasteiger partial charge in [0.1, 0.15) is 5.15 Å². The van der Waals surface area contributed by atoms with Crippen molar-refractivity contribution in [2.45, 2.75) is 6.10 Å². The highest BCUT2D eigenvalue weighted by atomic mass is 35.5. The average molecular weight is 243 g/mol. The lowest BCUT2D eigenvalue weighted by molar-refractivity contribution is -0.376. The molecule has 84 valence electrons. The summed E-state index contributed by atoms with van der Waals surface area (Å²) in [6.45, 7) is 0. The molecule has 0 aliphatic heterocycles. The second-order valence-electron chi connectivity index (χ2n) is 3.19. The van der Waals surface area contributed by atoms with E-state index in [1.165, 1.54) is 18.3 Å². The number of hydrogen-bond acceptors (Lipinski definition) is 5. The third kappa shape index (κ3) is 1.79. The Hall–Kier alpha value is -1.47. The zero-order valence-corrected chi connectivity index (χ0v) is 8.59. The Balaban J connectivity index is 2.81. The molecule has 0 spiro atoms. The van der Waals surface area contributed by atoms with Crippen LogP contribution in [0, 0.1) is 0 Å². The molecule has 2 rings (SSSR count). The zero-order valence-electron chi connectivity index (χ0n) is 7.83. The highest BCUT2D eigenvalue weighted by molar-refractivity contribution is 6.30. The van der Waals surface area contributed by atoms with Gasteiger partial charge in [0.05, 0.1) is 5.39 Å². The number of hydrogen-bond donors (Lipinski definition) is 3. The van der Waals surface area contributed by atoms with Crippen LogP contribution in [0.2, 0.25) is 5.15 Å². The SMILES string of the molecule is O=c1c2cnc(Cl)cc2ccn1C(O)(O)O. The molecule has 16 heavy (non-hydrogen) atoms. The molecule has 0 atom stereocenters. The molecule has 0 amide bonds. The van der Waals surface area contributed by atoms with Crippen molar-refractivity contribution in [3.05, 3.63) is 40.0 Å². The largest absolute Gasteiger partial charge is 0.376 e. The average Bonchev–Trinajstić information content (AvgIpc) is 2.15. The van der Waals surface area contributed by atoms with Crippen LogP contribution in [0.4, 0.5) is 0 Å². The lowest BCUT2D eigenvalue weighted by atomic mass is 10.2. The highest BCUT2D eigenvalue weighted by Gasteiger charge is 2.23. The maximum atomic E-state index is 11.7. The van der Waals surface area contributed by atoms with E-state index >= 15 is 0 Å². The van der Waals surface area contributed by atoms with Gasteiger partial charge in [-0.2, -0.15) is 0 Å². The fourth-order valence-electron chi connectivity index (χ4n) is 1.35. The number of nitrogens with zero attached hydrogens (tertiary/aromatic N) is 2. The van der Waals surface area contributed by atoms with Crippen molar-refractivity contribution in [2.24, 2.45) is 0 Å². The van der Waals surface area contributed by atoms with Crippen molar-refractivity contribution < 1.29 is 15.3 Å². The monoisotopic (exact) mass is 242 g/mol. The van der Waals surface area contributed by atoms with Crippen molar-refractivity contribution in [3.63, 3.8) is 0 Å². The third-order valence-electron chi connectivity index (χ3n) is 2.08. The molecule has 0 radical (unpaired) electrons. The van der Waals surface area contributed by atoms with Crippen LogP contribution >= 0.6 is 11.6 Å². The quantitative estimate of drug-likeness (QED) is 0.467. The van der Waals surface area contributed by atoms with E-state index in [-0.39, 0.29) is 10.5 Å². The van der Waals surface area contributed by atoms with Crippen LogP contribution in [0.5, 0.6) is 0 Å². The van der Waals surface area contributed by atoms with E-state index in [1.807, 2.05) is 0 Å². The number of halogens is 1. The van der Waals surface area contributed by atoms with Crippen molar-refractivity contribution in [1.82, 2.24) is 9.55 Å². The van der Waals surface area contributed by atoms with Crippen LogP contribution in [-0.2, 0) is 6.10 Å². The number of aromatic nitrogens is 2. The lowest BCUT2D eigenvalue weighted by Gasteiger charge is -2.16. The predicted octanol–water partition coefficient (Wildman–Crippen LogP) is -0.405. The first-order valence-electron chi connectivity index (χ1n) is 4.24. The first-order valence-corrected chi connectivity index (χ1v) is 4.62. The first-order chi connectivity index (χ1) is 7.39. The fourth-order valence-corrected chi connectivity index (χ4v) is 1.52. The molecule has 0 saturated heterocycles. The summed E-state index contributed by atoms with van der Waals surface area (Å²) >= 11 is 5.63. The van der Waals surface area contributed by atoms with Gasteiger partial charge < -0.3 is 15.3 Å². The Morgan fingerprint density at radius 2 is 2.06 bits per heavy atom. The van der Waals surface area contributed by atoms with E-state index in [1.54, 1.807) is 0 Å². The summed E-state index contributed by atoms with van der Waals surface area (Å²) < 4.78 is 0.366. The maximum Gasteiger partial charge on any atom is 0.376 e. The minimum absolute atomic E-state index is 0.119. The minimum atomic E-state index is -3.23. The zero-order chi connectivity index (χ0) is 11.9. The van der Waals surface area contributed by atoms with Gasteiger partial charge in [-0.05, 0) is 17.5 Å². The Labute approximate surface area is 94.0 Å². The topological polar surface area (TPSA) is 95.6 Å². The van der Waals surface area contributed by atoms with Crippen molar-refractivity contribution in [3.8, 4) is 0 Å². The summed E-state index contributed by atoms with van der Waals surface area (Å²) in [4.78, 5) is 15.4. The van der Waals surface area contributed by atoms with Gasteiger partial charge in [-0.3, -0.25) is 4.79 Å². The predicted molar refractivity (Wildman–Crippen MR) is 55.6 cm³/mol. The Kier molecular flexibility index (Phi) is 2.43. The van der Waals surface area contributed by atoms with Gasteiger partial charge in [0.15, 0.2) is 0 Å². The molecule has 2 aromatic rings. The van der Waals surface area contributed by atoms with Gasteiger partial charge >= 0.3 is 6.10 Å². The maximum absolute atomic E-state index is 11.7. The first kappa shape index (κ1) is 11.0. The van der Waals surface area contributed by atoms with Gasteiger partial charge in [-0.15, -0.1) is 0 Å². The lowest BCUT2D eigenvalue weighted by Crippen LogP contribution is -2.40. The molecule has 0 fully saturated rings. The van der Waals surface area contributed by atoms with E-state index in [0.29, 0.717) is 9.95 Å². The van der Waals surface area contributed by atoms with E-state index in [9.17, 15) is 4.79 Å². The minimum Gasteiger partial charge on any atom is -0.325 e. The molecule has 3 N–H and O–H groups in total. The normalized spacial score (nSPS) is 12.0. The molecule has 0 aliphatic carbocycles. The van der Waals surface area contributed by atoms with Crippen LogP contribution in [0.1, 0.15) is 0 Å². The van der Waals surface area contributed by atoms with Gasteiger partial charge in [0.2, 0.25) is 0 Å². The van der Waals surface area contributed by atoms with Gasteiger partial charge in [0, 0.05) is 12.4 Å². The summed E-state index contributed by atoms with van der Waals surface area (Å²) in [5.74, 6) is 0. The number of pyridine rings is 2.